The summed E-state index contributed by atoms with van der Waals surface area (Å²) >= 11 is 0. The minimum Gasteiger partial charge on any atom is -0.322 e. The zero-order valence-corrected chi connectivity index (χ0v) is 17.0. The van der Waals surface area contributed by atoms with Crippen LogP contribution in [0.4, 0.5) is 18.9 Å². The van der Waals surface area contributed by atoms with Crippen LogP contribution in [-0.4, -0.2) is 34.2 Å². The second-order valence-corrected chi connectivity index (χ2v) is 7.21. The largest absolute Gasteiger partial charge is 0.416 e. The molecule has 0 saturated carbocycles. The average molecular weight is 416 g/mol. The van der Waals surface area contributed by atoms with Gasteiger partial charge in [-0.2, -0.15) is 18.3 Å². The van der Waals surface area contributed by atoms with Gasteiger partial charge >= 0.3 is 6.18 Å². The number of hydrogen-bond donors (Lipinski definition) is 1. The first-order valence-corrected chi connectivity index (χ1v) is 9.41. The van der Waals surface area contributed by atoms with Crippen molar-refractivity contribution in [2.24, 2.45) is 0 Å². The molecule has 0 aliphatic rings. The van der Waals surface area contributed by atoms with Gasteiger partial charge in [0.2, 0.25) is 5.91 Å². The van der Waals surface area contributed by atoms with E-state index in [1.807, 2.05) is 44.2 Å². The zero-order chi connectivity index (χ0) is 21.9. The number of aromatic nitrogens is 2. The van der Waals surface area contributed by atoms with Crippen LogP contribution in [0.25, 0.3) is 5.69 Å². The minimum atomic E-state index is -4.36. The predicted molar refractivity (Wildman–Crippen MR) is 109 cm³/mol. The molecule has 1 amide bonds. The Balaban J connectivity index is 1.62. The van der Waals surface area contributed by atoms with Crippen molar-refractivity contribution in [3.05, 3.63) is 77.1 Å². The summed E-state index contributed by atoms with van der Waals surface area (Å²) in [5.74, 6) is -0.219. The first-order chi connectivity index (χ1) is 14.1. The van der Waals surface area contributed by atoms with Gasteiger partial charge in [0.25, 0.3) is 0 Å². The SMILES string of the molecule is Cc1nn(-c2ccccc2)c(C)c1NC(=O)CN(C)Cc1ccc(C(F)(F)F)cc1. The summed E-state index contributed by atoms with van der Waals surface area (Å²) in [6.45, 7) is 4.16. The third kappa shape index (κ3) is 5.07. The number of alkyl halides is 3. The number of aryl methyl sites for hydroxylation is 1. The maximum absolute atomic E-state index is 12.7. The number of rotatable bonds is 6. The molecule has 1 aromatic heterocycles. The van der Waals surface area contributed by atoms with Crippen LogP contribution in [0.2, 0.25) is 0 Å². The van der Waals surface area contributed by atoms with Gasteiger partial charge in [-0.1, -0.05) is 30.3 Å². The molecule has 3 aromatic rings. The molecule has 0 aliphatic carbocycles. The van der Waals surface area contributed by atoms with E-state index in [1.165, 1.54) is 12.1 Å². The quantitative estimate of drug-likeness (QED) is 0.640. The van der Waals surface area contributed by atoms with E-state index in [0.717, 1.165) is 23.5 Å². The summed E-state index contributed by atoms with van der Waals surface area (Å²) in [6, 6.07) is 14.6. The van der Waals surface area contributed by atoms with Gasteiger partial charge in [0.15, 0.2) is 0 Å². The topological polar surface area (TPSA) is 50.2 Å². The lowest BCUT2D eigenvalue weighted by Crippen LogP contribution is -2.30. The van der Waals surface area contributed by atoms with Crippen LogP contribution in [-0.2, 0) is 17.5 Å². The van der Waals surface area contributed by atoms with Crippen molar-refractivity contribution in [3.8, 4) is 5.69 Å². The van der Waals surface area contributed by atoms with Crippen molar-refractivity contribution >= 4 is 11.6 Å². The summed E-state index contributed by atoms with van der Waals surface area (Å²) in [6.07, 6.45) is -4.36. The van der Waals surface area contributed by atoms with E-state index >= 15 is 0 Å². The fraction of sp³-hybridized carbons (Fsp3) is 0.273. The van der Waals surface area contributed by atoms with E-state index in [-0.39, 0.29) is 12.5 Å². The van der Waals surface area contributed by atoms with Crippen LogP contribution < -0.4 is 5.32 Å². The summed E-state index contributed by atoms with van der Waals surface area (Å²) < 4.78 is 39.8. The van der Waals surface area contributed by atoms with Crippen LogP contribution >= 0.6 is 0 Å². The number of carbonyl (C=O) groups is 1. The molecule has 0 saturated heterocycles. The van der Waals surface area contributed by atoms with Gasteiger partial charge in [-0.15, -0.1) is 0 Å². The molecule has 158 valence electrons. The van der Waals surface area contributed by atoms with Crippen molar-refractivity contribution in [1.82, 2.24) is 14.7 Å². The Bertz CT molecular complexity index is 1010. The Morgan fingerprint density at radius 3 is 2.30 bits per heavy atom. The highest BCUT2D eigenvalue weighted by atomic mass is 19.4. The van der Waals surface area contributed by atoms with Gasteiger partial charge < -0.3 is 5.32 Å². The molecule has 0 atom stereocenters. The van der Waals surface area contributed by atoms with Crippen LogP contribution in [0.1, 0.15) is 22.5 Å². The Kier molecular flexibility index (Phi) is 6.26. The third-order valence-corrected chi connectivity index (χ3v) is 4.70. The number of carbonyl (C=O) groups excluding carboxylic acids is 1. The van der Waals surface area contributed by atoms with Gasteiger partial charge in [-0.25, -0.2) is 4.68 Å². The molecular formula is C22H23F3N4O. The number of anilines is 1. The highest BCUT2D eigenvalue weighted by Crippen LogP contribution is 2.29. The number of para-hydroxylation sites is 1. The Labute approximate surface area is 173 Å². The molecule has 1 N–H and O–H groups in total. The first kappa shape index (κ1) is 21.6. The molecule has 0 aliphatic heterocycles. The molecule has 1 heterocycles. The molecule has 2 aromatic carbocycles. The molecule has 0 radical (unpaired) electrons. The van der Waals surface area contributed by atoms with E-state index in [9.17, 15) is 18.0 Å². The lowest BCUT2D eigenvalue weighted by Gasteiger charge is -2.17. The van der Waals surface area contributed by atoms with Crippen molar-refractivity contribution in [3.63, 3.8) is 0 Å². The second kappa shape index (κ2) is 8.71. The normalized spacial score (nSPS) is 11.7. The number of benzene rings is 2. The van der Waals surface area contributed by atoms with Gasteiger partial charge in [0, 0.05) is 6.54 Å². The number of hydrogen-bond acceptors (Lipinski definition) is 3. The average Bonchev–Trinajstić information content (AvgIpc) is 2.96. The Morgan fingerprint density at radius 1 is 1.07 bits per heavy atom. The molecule has 0 unspecified atom stereocenters. The number of nitrogens with one attached hydrogen (secondary N) is 1. The van der Waals surface area contributed by atoms with E-state index < -0.39 is 11.7 Å². The summed E-state index contributed by atoms with van der Waals surface area (Å²) in [4.78, 5) is 14.3. The zero-order valence-electron chi connectivity index (χ0n) is 17.0. The van der Waals surface area contributed by atoms with E-state index in [0.29, 0.717) is 23.5 Å². The summed E-state index contributed by atoms with van der Waals surface area (Å²) in [7, 11) is 1.74. The van der Waals surface area contributed by atoms with Crippen molar-refractivity contribution in [2.75, 3.05) is 18.9 Å². The van der Waals surface area contributed by atoms with Crippen molar-refractivity contribution in [2.45, 2.75) is 26.6 Å². The predicted octanol–water partition coefficient (Wildman–Crippen LogP) is 4.58. The van der Waals surface area contributed by atoms with E-state index in [1.54, 1.807) is 16.6 Å². The van der Waals surface area contributed by atoms with Gasteiger partial charge in [-0.05, 0) is 50.7 Å². The first-order valence-electron chi connectivity index (χ1n) is 9.41. The van der Waals surface area contributed by atoms with Gasteiger partial charge in [-0.3, -0.25) is 9.69 Å². The summed E-state index contributed by atoms with van der Waals surface area (Å²) in [5, 5.41) is 7.41. The molecule has 0 bridgehead atoms. The molecule has 5 nitrogen and oxygen atoms in total. The van der Waals surface area contributed by atoms with Crippen LogP contribution in [0.3, 0.4) is 0 Å². The highest BCUT2D eigenvalue weighted by Gasteiger charge is 2.30. The third-order valence-electron chi connectivity index (χ3n) is 4.70. The monoisotopic (exact) mass is 416 g/mol. The lowest BCUT2D eigenvalue weighted by molar-refractivity contribution is -0.137. The van der Waals surface area contributed by atoms with Gasteiger partial charge in [0.05, 0.1) is 34.9 Å². The molecule has 0 spiro atoms. The Hall–Kier alpha value is -3.13. The van der Waals surface area contributed by atoms with Crippen molar-refractivity contribution in [1.29, 1.82) is 0 Å². The maximum Gasteiger partial charge on any atom is 0.416 e. The van der Waals surface area contributed by atoms with Gasteiger partial charge in [0.1, 0.15) is 0 Å². The smallest absolute Gasteiger partial charge is 0.322 e. The standard InChI is InChI=1S/C22H23F3N4O/c1-15-21(16(2)29(27-15)19-7-5-4-6-8-19)26-20(30)14-28(3)13-17-9-11-18(12-10-17)22(23,24)25/h4-12H,13-14H2,1-3H3,(H,26,30). The fourth-order valence-corrected chi connectivity index (χ4v) is 3.23. The fourth-order valence-electron chi connectivity index (χ4n) is 3.23. The van der Waals surface area contributed by atoms with Crippen LogP contribution in [0.15, 0.2) is 54.6 Å². The molecular weight excluding hydrogens is 393 g/mol. The lowest BCUT2D eigenvalue weighted by atomic mass is 10.1. The molecule has 0 fully saturated rings. The number of likely N-dealkylation sites (N-methyl/N-ethyl adjacent to an activating group) is 1. The number of amides is 1. The molecule has 3 rings (SSSR count). The minimum absolute atomic E-state index is 0.0937. The second-order valence-electron chi connectivity index (χ2n) is 7.21. The van der Waals surface area contributed by atoms with E-state index in [2.05, 4.69) is 10.4 Å². The summed E-state index contributed by atoms with van der Waals surface area (Å²) in [5.41, 5.74) is 3.09. The maximum atomic E-state index is 12.7. The molecule has 8 heteroatoms. The van der Waals surface area contributed by atoms with Crippen molar-refractivity contribution < 1.29 is 18.0 Å². The number of halogens is 3. The van der Waals surface area contributed by atoms with E-state index in [4.69, 9.17) is 0 Å². The highest BCUT2D eigenvalue weighted by molar-refractivity contribution is 5.93. The molecule has 30 heavy (non-hydrogen) atoms. The van der Waals surface area contributed by atoms with Crippen LogP contribution in [0, 0.1) is 13.8 Å². The van der Waals surface area contributed by atoms with Crippen LogP contribution in [0.5, 0.6) is 0 Å². The Morgan fingerprint density at radius 2 is 1.70 bits per heavy atom. The number of nitrogens with zero attached hydrogens (tertiary/aromatic N) is 3.